The van der Waals surface area contributed by atoms with E-state index in [1.807, 2.05) is 13.8 Å². The zero-order chi connectivity index (χ0) is 9.14. The van der Waals surface area contributed by atoms with Crippen LogP contribution >= 0.6 is 0 Å². The number of rotatable bonds is 2. The maximum absolute atomic E-state index is 5.45. The van der Waals surface area contributed by atoms with Gasteiger partial charge in [0.1, 0.15) is 11.5 Å². The highest BCUT2D eigenvalue weighted by Crippen LogP contribution is 2.21. The molecule has 0 atom stereocenters. The molecule has 0 bridgehead atoms. The van der Waals surface area contributed by atoms with E-state index in [1.54, 1.807) is 7.11 Å². The first-order chi connectivity index (χ1) is 5.65. The van der Waals surface area contributed by atoms with Crippen molar-refractivity contribution in [1.29, 1.82) is 0 Å². The molecular weight excluding hydrogens is 154 g/mol. The van der Waals surface area contributed by atoms with Crippen LogP contribution in [0.1, 0.15) is 25.5 Å². The maximum atomic E-state index is 5.45. The van der Waals surface area contributed by atoms with Gasteiger partial charge in [-0.2, -0.15) is 4.98 Å². The standard InChI is InChI=1S/C8H13N3O/c1-5(2)7-8(12-3)11-6(9)4-10-7/h4-5H,1-3H3,(H2,9,11). The molecule has 2 N–H and O–H groups in total. The topological polar surface area (TPSA) is 61.0 Å². The third-order valence-electron chi connectivity index (χ3n) is 1.53. The lowest BCUT2D eigenvalue weighted by atomic mass is 10.1. The molecule has 0 aliphatic heterocycles. The largest absolute Gasteiger partial charge is 0.480 e. The highest BCUT2D eigenvalue weighted by molar-refractivity contribution is 5.32. The summed E-state index contributed by atoms with van der Waals surface area (Å²) in [7, 11) is 1.56. The highest BCUT2D eigenvalue weighted by atomic mass is 16.5. The summed E-state index contributed by atoms with van der Waals surface area (Å²) in [5, 5.41) is 0. The summed E-state index contributed by atoms with van der Waals surface area (Å²) in [6.45, 7) is 4.06. The van der Waals surface area contributed by atoms with Crippen molar-refractivity contribution in [2.75, 3.05) is 12.8 Å². The number of aromatic nitrogens is 2. The molecule has 66 valence electrons. The molecule has 4 heteroatoms. The third kappa shape index (κ3) is 1.64. The van der Waals surface area contributed by atoms with Gasteiger partial charge in [-0.15, -0.1) is 0 Å². The van der Waals surface area contributed by atoms with E-state index in [0.29, 0.717) is 17.6 Å². The molecule has 1 rings (SSSR count). The van der Waals surface area contributed by atoms with E-state index in [2.05, 4.69) is 9.97 Å². The molecule has 1 aromatic rings. The molecule has 0 unspecified atom stereocenters. The molecule has 0 radical (unpaired) electrons. The van der Waals surface area contributed by atoms with Gasteiger partial charge in [0, 0.05) is 5.92 Å². The fraction of sp³-hybridized carbons (Fsp3) is 0.500. The number of methoxy groups -OCH3 is 1. The van der Waals surface area contributed by atoms with Gasteiger partial charge >= 0.3 is 0 Å². The number of hydrogen-bond donors (Lipinski definition) is 1. The van der Waals surface area contributed by atoms with Crippen LogP contribution in [0.4, 0.5) is 5.82 Å². The first kappa shape index (κ1) is 8.77. The molecule has 4 nitrogen and oxygen atoms in total. The van der Waals surface area contributed by atoms with E-state index in [9.17, 15) is 0 Å². The lowest BCUT2D eigenvalue weighted by Crippen LogP contribution is -2.02. The van der Waals surface area contributed by atoms with Gasteiger partial charge < -0.3 is 10.5 Å². The van der Waals surface area contributed by atoms with E-state index in [0.717, 1.165) is 5.69 Å². The van der Waals surface area contributed by atoms with Crippen LogP contribution in [0.3, 0.4) is 0 Å². The van der Waals surface area contributed by atoms with Gasteiger partial charge in [-0.05, 0) is 0 Å². The smallest absolute Gasteiger partial charge is 0.237 e. The average Bonchev–Trinajstić information content (AvgIpc) is 2.03. The number of hydrogen-bond acceptors (Lipinski definition) is 4. The molecule has 0 aliphatic rings. The molecule has 0 spiro atoms. The normalized spacial score (nSPS) is 10.3. The minimum Gasteiger partial charge on any atom is -0.480 e. The lowest BCUT2D eigenvalue weighted by Gasteiger charge is -2.08. The second kappa shape index (κ2) is 3.38. The van der Waals surface area contributed by atoms with Crippen LogP contribution in [0.25, 0.3) is 0 Å². The summed E-state index contributed by atoms with van der Waals surface area (Å²) in [6.07, 6.45) is 1.54. The summed E-state index contributed by atoms with van der Waals surface area (Å²) in [4.78, 5) is 8.14. The van der Waals surface area contributed by atoms with E-state index in [4.69, 9.17) is 10.5 Å². The number of ether oxygens (including phenoxy) is 1. The quantitative estimate of drug-likeness (QED) is 0.718. The minimum atomic E-state index is 0.299. The second-order valence-corrected chi connectivity index (χ2v) is 2.84. The van der Waals surface area contributed by atoms with Crippen molar-refractivity contribution in [2.45, 2.75) is 19.8 Å². The van der Waals surface area contributed by atoms with E-state index in [-0.39, 0.29) is 0 Å². The predicted octanol–water partition coefficient (Wildman–Crippen LogP) is 1.19. The summed E-state index contributed by atoms with van der Waals surface area (Å²) in [6, 6.07) is 0. The third-order valence-corrected chi connectivity index (χ3v) is 1.53. The first-order valence-corrected chi connectivity index (χ1v) is 3.81. The number of anilines is 1. The van der Waals surface area contributed by atoms with Gasteiger partial charge in [-0.3, -0.25) is 4.98 Å². The molecule has 0 fully saturated rings. The average molecular weight is 167 g/mol. The Morgan fingerprint density at radius 2 is 2.17 bits per heavy atom. The lowest BCUT2D eigenvalue weighted by molar-refractivity contribution is 0.387. The van der Waals surface area contributed by atoms with Crippen molar-refractivity contribution in [2.24, 2.45) is 0 Å². The number of nitrogens with two attached hydrogens (primary N) is 1. The monoisotopic (exact) mass is 167 g/mol. The predicted molar refractivity (Wildman–Crippen MR) is 47.1 cm³/mol. The Morgan fingerprint density at radius 1 is 1.50 bits per heavy atom. The number of nitrogen functional groups attached to an aromatic ring is 1. The van der Waals surface area contributed by atoms with E-state index < -0.39 is 0 Å². The van der Waals surface area contributed by atoms with Crippen LogP contribution in [-0.4, -0.2) is 17.1 Å². The Labute approximate surface area is 71.8 Å². The first-order valence-electron chi connectivity index (χ1n) is 3.81. The fourth-order valence-electron chi connectivity index (χ4n) is 0.941. The van der Waals surface area contributed by atoms with E-state index >= 15 is 0 Å². The van der Waals surface area contributed by atoms with Crippen molar-refractivity contribution in [1.82, 2.24) is 9.97 Å². The Kier molecular flexibility index (Phi) is 2.47. The van der Waals surface area contributed by atoms with Crippen molar-refractivity contribution in [3.05, 3.63) is 11.9 Å². The van der Waals surface area contributed by atoms with Crippen LogP contribution in [0.2, 0.25) is 0 Å². The van der Waals surface area contributed by atoms with Gasteiger partial charge in [0.25, 0.3) is 0 Å². The summed E-state index contributed by atoms with van der Waals surface area (Å²) < 4.78 is 5.03. The van der Waals surface area contributed by atoms with Crippen LogP contribution in [0.5, 0.6) is 5.88 Å². The van der Waals surface area contributed by atoms with Crippen molar-refractivity contribution in [3.63, 3.8) is 0 Å². The fourth-order valence-corrected chi connectivity index (χ4v) is 0.941. The summed E-state index contributed by atoms with van der Waals surface area (Å²) in [5.41, 5.74) is 6.29. The van der Waals surface area contributed by atoms with Crippen molar-refractivity contribution < 1.29 is 4.74 Å². The molecule has 1 heterocycles. The molecule has 0 saturated carbocycles. The van der Waals surface area contributed by atoms with Crippen molar-refractivity contribution in [3.8, 4) is 5.88 Å². The minimum absolute atomic E-state index is 0.299. The second-order valence-electron chi connectivity index (χ2n) is 2.84. The van der Waals surface area contributed by atoms with Crippen LogP contribution in [-0.2, 0) is 0 Å². The Bertz CT molecular complexity index is 273. The van der Waals surface area contributed by atoms with Crippen molar-refractivity contribution >= 4 is 5.82 Å². The molecular formula is C8H13N3O. The van der Waals surface area contributed by atoms with Gasteiger partial charge in [-0.25, -0.2) is 0 Å². The highest BCUT2D eigenvalue weighted by Gasteiger charge is 2.09. The molecule has 1 aromatic heterocycles. The SMILES string of the molecule is COc1nc(N)cnc1C(C)C. The Balaban J connectivity index is 3.11. The Hall–Kier alpha value is -1.32. The number of nitrogens with zero attached hydrogens (tertiary/aromatic N) is 2. The molecule has 0 saturated heterocycles. The zero-order valence-electron chi connectivity index (χ0n) is 7.53. The maximum Gasteiger partial charge on any atom is 0.237 e. The zero-order valence-corrected chi connectivity index (χ0v) is 7.53. The van der Waals surface area contributed by atoms with Gasteiger partial charge in [0.05, 0.1) is 13.3 Å². The Morgan fingerprint density at radius 3 is 2.67 bits per heavy atom. The summed E-state index contributed by atoms with van der Waals surface area (Å²) >= 11 is 0. The molecule has 0 amide bonds. The molecule has 12 heavy (non-hydrogen) atoms. The van der Waals surface area contributed by atoms with Gasteiger partial charge in [0.15, 0.2) is 0 Å². The molecule has 0 aromatic carbocycles. The van der Waals surface area contributed by atoms with Crippen LogP contribution in [0, 0.1) is 0 Å². The van der Waals surface area contributed by atoms with Gasteiger partial charge in [-0.1, -0.05) is 13.8 Å². The van der Waals surface area contributed by atoms with Gasteiger partial charge in [0.2, 0.25) is 5.88 Å². The van der Waals surface area contributed by atoms with Crippen LogP contribution < -0.4 is 10.5 Å². The van der Waals surface area contributed by atoms with Crippen LogP contribution in [0.15, 0.2) is 6.20 Å². The van der Waals surface area contributed by atoms with E-state index in [1.165, 1.54) is 6.20 Å². The molecule has 0 aliphatic carbocycles. The summed E-state index contributed by atoms with van der Waals surface area (Å²) in [5.74, 6) is 1.20.